The standard InChI is InChI=1S/C12H21NO/c1-6-10(7-2)8-11(14)13-9-12(3,4)5/h6-7H,1,8-9H2,2-5H3,(H,13,14)/b10-7+. The van der Waals surface area contributed by atoms with Gasteiger partial charge in [-0.05, 0) is 17.9 Å². The van der Waals surface area contributed by atoms with E-state index in [0.717, 1.165) is 5.57 Å². The highest BCUT2D eigenvalue weighted by Crippen LogP contribution is 2.10. The molecule has 0 aliphatic rings. The summed E-state index contributed by atoms with van der Waals surface area (Å²) in [5.74, 6) is 0.0629. The first-order valence-corrected chi connectivity index (χ1v) is 4.93. The maximum absolute atomic E-state index is 11.4. The molecular weight excluding hydrogens is 174 g/mol. The molecule has 80 valence electrons. The molecular formula is C12H21NO. The predicted molar refractivity (Wildman–Crippen MR) is 61.0 cm³/mol. The van der Waals surface area contributed by atoms with E-state index in [9.17, 15) is 4.79 Å². The molecule has 0 bridgehead atoms. The fraction of sp³-hybridized carbons (Fsp3) is 0.583. The van der Waals surface area contributed by atoms with Crippen molar-refractivity contribution < 1.29 is 4.79 Å². The zero-order valence-electron chi connectivity index (χ0n) is 9.68. The van der Waals surface area contributed by atoms with Crippen LogP contribution < -0.4 is 5.32 Å². The van der Waals surface area contributed by atoms with Gasteiger partial charge in [-0.3, -0.25) is 4.79 Å². The van der Waals surface area contributed by atoms with E-state index in [0.29, 0.717) is 13.0 Å². The molecule has 14 heavy (non-hydrogen) atoms. The highest BCUT2D eigenvalue weighted by Gasteiger charge is 2.11. The average molecular weight is 195 g/mol. The van der Waals surface area contributed by atoms with Gasteiger partial charge in [-0.1, -0.05) is 39.5 Å². The van der Waals surface area contributed by atoms with Gasteiger partial charge < -0.3 is 5.32 Å². The first-order valence-electron chi connectivity index (χ1n) is 4.93. The van der Waals surface area contributed by atoms with E-state index in [1.807, 2.05) is 13.0 Å². The first-order chi connectivity index (χ1) is 6.39. The van der Waals surface area contributed by atoms with Gasteiger partial charge in [-0.15, -0.1) is 0 Å². The summed E-state index contributed by atoms with van der Waals surface area (Å²) in [5.41, 5.74) is 1.11. The molecule has 0 saturated heterocycles. The van der Waals surface area contributed by atoms with Crippen LogP contribution in [-0.2, 0) is 4.79 Å². The van der Waals surface area contributed by atoms with Gasteiger partial charge >= 0.3 is 0 Å². The molecule has 2 nitrogen and oxygen atoms in total. The fourth-order valence-corrected chi connectivity index (χ4v) is 0.904. The van der Waals surface area contributed by atoms with Gasteiger partial charge in [0.05, 0.1) is 6.42 Å². The van der Waals surface area contributed by atoms with Crippen LogP contribution in [0.5, 0.6) is 0 Å². The molecule has 0 rings (SSSR count). The van der Waals surface area contributed by atoms with Crippen molar-refractivity contribution in [2.75, 3.05) is 6.54 Å². The topological polar surface area (TPSA) is 29.1 Å². The van der Waals surface area contributed by atoms with E-state index in [1.54, 1.807) is 6.08 Å². The van der Waals surface area contributed by atoms with E-state index < -0.39 is 0 Å². The van der Waals surface area contributed by atoms with Crippen LogP contribution in [0, 0.1) is 5.41 Å². The Kier molecular flexibility index (Phi) is 5.21. The molecule has 0 fully saturated rings. The van der Waals surface area contributed by atoms with Crippen LogP contribution in [0.1, 0.15) is 34.1 Å². The SMILES string of the molecule is C=C/C(=C\C)CC(=O)NCC(C)(C)C. The van der Waals surface area contributed by atoms with E-state index >= 15 is 0 Å². The zero-order valence-corrected chi connectivity index (χ0v) is 9.68. The van der Waals surface area contributed by atoms with Crippen LogP contribution in [0.15, 0.2) is 24.3 Å². The monoisotopic (exact) mass is 195 g/mol. The number of carbonyl (C=O) groups is 1. The van der Waals surface area contributed by atoms with E-state index in [4.69, 9.17) is 0 Å². The zero-order chi connectivity index (χ0) is 11.2. The summed E-state index contributed by atoms with van der Waals surface area (Å²) in [6.45, 7) is 12.5. The summed E-state index contributed by atoms with van der Waals surface area (Å²) in [6.07, 6.45) is 4.05. The maximum Gasteiger partial charge on any atom is 0.224 e. The predicted octanol–water partition coefficient (Wildman–Crippen LogP) is 2.67. The summed E-state index contributed by atoms with van der Waals surface area (Å²) >= 11 is 0. The van der Waals surface area contributed by atoms with Gasteiger partial charge in [0.1, 0.15) is 0 Å². The lowest BCUT2D eigenvalue weighted by atomic mass is 9.97. The summed E-state index contributed by atoms with van der Waals surface area (Å²) in [5, 5.41) is 2.89. The first kappa shape index (κ1) is 12.9. The number of rotatable bonds is 4. The summed E-state index contributed by atoms with van der Waals surface area (Å²) in [4.78, 5) is 11.4. The Morgan fingerprint density at radius 1 is 1.43 bits per heavy atom. The van der Waals surface area contributed by atoms with Gasteiger partial charge in [-0.25, -0.2) is 0 Å². The Bertz CT molecular complexity index is 233. The van der Waals surface area contributed by atoms with Crippen molar-refractivity contribution in [2.24, 2.45) is 5.41 Å². The van der Waals surface area contributed by atoms with Crippen LogP contribution in [0.25, 0.3) is 0 Å². The van der Waals surface area contributed by atoms with Crippen molar-refractivity contribution in [3.05, 3.63) is 24.3 Å². The highest BCUT2D eigenvalue weighted by atomic mass is 16.1. The van der Waals surface area contributed by atoms with Crippen LogP contribution in [0.3, 0.4) is 0 Å². The van der Waals surface area contributed by atoms with Crippen LogP contribution in [0.4, 0.5) is 0 Å². The second-order valence-electron chi connectivity index (χ2n) is 4.58. The second kappa shape index (κ2) is 5.63. The van der Waals surface area contributed by atoms with Crippen molar-refractivity contribution in [1.82, 2.24) is 5.32 Å². The van der Waals surface area contributed by atoms with Crippen molar-refractivity contribution >= 4 is 5.91 Å². The molecule has 1 N–H and O–H groups in total. The van der Waals surface area contributed by atoms with Gasteiger partial charge in [0.2, 0.25) is 5.91 Å². The molecule has 0 aromatic carbocycles. The lowest BCUT2D eigenvalue weighted by Crippen LogP contribution is -2.32. The lowest BCUT2D eigenvalue weighted by molar-refractivity contribution is -0.120. The normalized spacial score (nSPS) is 12.4. The maximum atomic E-state index is 11.4. The molecule has 0 aromatic rings. The number of hydrogen-bond donors (Lipinski definition) is 1. The Morgan fingerprint density at radius 3 is 2.36 bits per heavy atom. The highest BCUT2D eigenvalue weighted by molar-refractivity contribution is 5.79. The van der Waals surface area contributed by atoms with E-state index in [2.05, 4.69) is 32.7 Å². The third-order valence-corrected chi connectivity index (χ3v) is 1.81. The van der Waals surface area contributed by atoms with Gasteiger partial charge in [0.15, 0.2) is 0 Å². The molecule has 0 spiro atoms. The number of carbonyl (C=O) groups excluding carboxylic acids is 1. The van der Waals surface area contributed by atoms with E-state index in [-0.39, 0.29) is 11.3 Å². The minimum absolute atomic E-state index is 0.0629. The van der Waals surface area contributed by atoms with Crippen molar-refractivity contribution in [1.29, 1.82) is 0 Å². The minimum atomic E-state index is 0.0629. The molecule has 0 aromatic heterocycles. The molecule has 2 heteroatoms. The summed E-state index contributed by atoms with van der Waals surface area (Å²) < 4.78 is 0. The fourth-order valence-electron chi connectivity index (χ4n) is 0.904. The molecule has 0 atom stereocenters. The van der Waals surface area contributed by atoms with Crippen LogP contribution in [-0.4, -0.2) is 12.5 Å². The molecule has 0 radical (unpaired) electrons. The number of nitrogens with one attached hydrogen (secondary N) is 1. The molecule has 0 unspecified atom stereocenters. The molecule has 0 heterocycles. The lowest BCUT2D eigenvalue weighted by Gasteiger charge is -2.18. The average Bonchev–Trinajstić information content (AvgIpc) is 2.09. The third-order valence-electron chi connectivity index (χ3n) is 1.81. The molecule has 0 aliphatic carbocycles. The molecule has 0 saturated carbocycles. The smallest absolute Gasteiger partial charge is 0.224 e. The Balaban J connectivity index is 3.94. The third kappa shape index (κ3) is 6.46. The molecule has 0 aliphatic heterocycles. The number of allylic oxidation sites excluding steroid dienone is 2. The van der Waals surface area contributed by atoms with Crippen molar-refractivity contribution in [3.63, 3.8) is 0 Å². The van der Waals surface area contributed by atoms with Gasteiger partial charge in [0.25, 0.3) is 0 Å². The second-order valence-corrected chi connectivity index (χ2v) is 4.58. The summed E-state index contributed by atoms with van der Waals surface area (Å²) in [7, 11) is 0. The Labute approximate surface area is 87.1 Å². The van der Waals surface area contributed by atoms with E-state index in [1.165, 1.54) is 0 Å². The quantitative estimate of drug-likeness (QED) is 0.686. The summed E-state index contributed by atoms with van der Waals surface area (Å²) in [6, 6.07) is 0. The Morgan fingerprint density at radius 2 is 2.00 bits per heavy atom. The van der Waals surface area contributed by atoms with Crippen molar-refractivity contribution in [2.45, 2.75) is 34.1 Å². The van der Waals surface area contributed by atoms with Crippen molar-refractivity contribution in [3.8, 4) is 0 Å². The largest absolute Gasteiger partial charge is 0.355 e. The van der Waals surface area contributed by atoms with Crippen LogP contribution in [0.2, 0.25) is 0 Å². The number of hydrogen-bond acceptors (Lipinski definition) is 1. The van der Waals surface area contributed by atoms with Gasteiger partial charge in [0, 0.05) is 6.54 Å². The Hall–Kier alpha value is -1.05. The number of amides is 1. The van der Waals surface area contributed by atoms with Gasteiger partial charge in [-0.2, -0.15) is 0 Å². The molecule has 1 amide bonds. The van der Waals surface area contributed by atoms with Crippen LogP contribution >= 0.6 is 0 Å². The minimum Gasteiger partial charge on any atom is -0.355 e.